The summed E-state index contributed by atoms with van der Waals surface area (Å²) >= 11 is 9.63. The van der Waals surface area contributed by atoms with E-state index in [1.165, 1.54) is 12.8 Å². The van der Waals surface area contributed by atoms with Gasteiger partial charge in [0.25, 0.3) is 5.91 Å². The molecule has 5 heteroatoms. The summed E-state index contributed by atoms with van der Waals surface area (Å²) in [5.41, 5.74) is 1.07. The van der Waals surface area contributed by atoms with Crippen LogP contribution in [0.5, 0.6) is 0 Å². The molecule has 0 bridgehead atoms. The van der Waals surface area contributed by atoms with Crippen molar-refractivity contribution < 1.29 is 4.79 Å². The van der Waals surface area contributed by atoms with Gasteiger partial charge < -0.3 is 10.2 Å². The second-order valence-electron chi connectivity index (χ2n) is 6.14. The van der Waals surface area contributed by atoms with Gasteiger partial charge in [-0.15, -0.1) is 0 Å². The number of likely N-dealkylation sites (tertiary alicyclic amines) is 1. The van der Waals surface area contributed by atoms with Crippen molar-refractivity contribution >= 4 is 33.4 Å². The first kappa shape index (κ1) is 15.3. The van der Waals surface area contributed by atoms with Crippen molar-refractivity contribution in [2.24, 2.45) is 5.41 Å². The first-order chi connectivity index (χ1) is 10.1. The maximum Gasteiger partial charge on any atom is 0.255 e. The van der Waals surface area contributed by atoms with E-state index in [0.29, 0.717) is 16.0 Å². The van der Waals surface area contributed by atoms with Crippen LogP contribution in [-0.2, 0) is 0 Å². The van der Waals surface area contributed by atoms with Crippen LogP contribution in [0.3, 0.4) is 0 Å². The molecule has 21 heavy (non-hydrogen) atoms. The van der Waals surface area contributed by atoms with Crippen LogP contribution in [0.1, 0.15) is 36.0 Å². The van der Waals surface area contributed by atoms with Gasteiger partial charge in [0, 0.05) is 17.6 Å². The molecule has 2 aliphatic rings. The number of carbonyl (C=O) groups excluding carboxylic acids is 1. The summed E-state index contributed by atoms with van der Waals surface area (Å²) in [6.45, 7) is 3.93. The van der Waals surface area contributed by atoms with E-state index in [9.17, 15) is 4.79 Å². The highest BCUT2D eigenvalue weighted by molar-refractivity contribution is 9.10. The minimum Gasteiger partial charge on any atom is -0.339 e. The number of hydrogen-bond donors (Lipinski definition) is 1. The van der Waals surface area contributed by atoms with E-state index in [4.69, 9.17) is 11.6 Å². The Morgan fingerprint density at radius 3 is 2.52 bits per heavy atom. The smallest absolute Gasteiger partial charge is 0.255 e. The van der Waals surface area contributed by atoms with Crippen molar-refractivity contribution in [2.45, 2.75) is 25.7 Å². The number of piperidine rings is 2. The minimum absolute atomic E-state index is 0.0603. The van der Waals surface area contributed by atoms with Gasteiger partial charge in [-0.1, -0.05) is 17.7 Å². The fraction of sp³-hybridized carbons (Fsp3) is 0.562. The molecular formula is C16H20BrClN2O. The third-order valence-electron chi connectivity index (χ3n) is 4.96. The molecular weight excluding hydrogens is 352 g/mol. The summed E-state index contributed by atoms with van der Waals surface area (Å²) in [6, 6.07) is 5.53. The van der Waals surface area contributed by atoms with E-state index in [1.807, 2.05) is 23.1 Å². The van der Waals surface area contributed by atoms with Gasteiger partial charge in [0.1, 0.15) is 0 Å². The molecule has 2 fully saturated rings. The molecule has 0 radical (unpaired) electrons. The van der Waals surface area contributed by atoms with Gasteiger partial charge >= 0.3 is 0 Å². The van der Waals surface area contributed by atoms with Crippen molar-refractivity contribution in [2.75, 3.05) is 26.2 Å². The van der Waals surface area contributed by atoms with Crippen LogP contribution in [0.4, 0.5) is 0 Å². The zero-order valence-corrected chi connectivity index (χ0v) is 14.3. The molecule has 0 aromatic heterocycles. The van der Waals surface area contributed by atoms with Crippen LogP contribution in [0.25, 0.3) is 0 Å². The topological polar surface area (TPSA) is 32.3 Å². The number of amides is 1. The quantitative estimate of drug-likeness (QED) is 0.816. The third-order valence-corrected chi connectivity index (χ3v) is 6.25. The van der Waals surface area contributed by atoms with E-state index in [2.05, 4.69) is 21.2 Å². The number of hydrogen-bond acceptors (Lipinski definition) is 2. The molecule has 1 N–H and O–H groups in total. The average Bonchev–Trinajstić information content (AvgIpc) is 2.51. The zero-order valence-electron chi connectivity index (χ0n) is 12.0. The second kappa shape index (κ2) is 6.27. The van der Waals surface area contributed by atoms with Crippen molar-refractivity contribution in [1.82, 2.24) is 10.2 Å². The Bertz CT molecular complexity index is 533. The van der Waals surface area contributed by atoms with Crippen LogP contribution in [0, 0.1) is 5.41 Å². The van der Waals surface area contributed by atoms with E-state index in [0.717, 1.165) is 43.5 Å². The lowest BCUT2D eigenvalue weighted by atomic mass is 9.71. The molecule has 2 aliphatic heterocycles. The fourth-order valence-electron chi connectivity index (χ4n) is 3.48. The molecule has 1 aromatic carbocycles. The third kappa shape index (κ3) is 3.13. The monoisotopic (exact) mass is 370 g/mol. The van der Waals surface area contributed by atoms with Crippen molar-refractivity contribution in [3.8, 4) is 0 Å². The Hall–Kier alpha value is -0.580. The minimum atomic E-state index is 0.0603. The number of benzene rings is 1. The van der Waals surface area contributed by atoms with Crippen molar-refractivity contribution in [3.63, 3.8) is 0 Å². The number of halogens is 2. The van der Waals surface area contributed by atoms with Crippen LogP contribution in [0.2, 0.25) is 5.02 Å². The van der Waals surface area contributed by atoms with E-state index in [-0.39, 0.29) is 5.91 Å². The summed E-state index contributed by atoms with van der Waals surface area (Å²) < 4.78 is 0.779. The Balaban J connectivity index is 1.69. The van der Waals surface area contributed by atoms with Gasteiger partial charge in [-0.25, -0.2) is 0 Å². The molecule has 0 aliphatic carbocycles. The molecule has 3 rings (SSSR count). The maximum absolute atomic E-state index is 12.7. The van der Waals surface area contributed by atoms with Gasteiger partial charge in [0.15, 0.2) is 0 Å². The highest BCUT2D eigenvalue weighted by atomic mass is 79.9. The molecule has 1 aromatic rings. The van der Waals surface area contributed by atoms with Crippen LogP contribution >= 0.6 is 27.5 Å². The highest BCUT2D eigenvalue weighted by Gasteiger charge is 2.37. The maximum atomic E-state index is 12.7. The first-order valence-corrected chi connectivity index (χ1v) is 8.72. The van der Waals surface area contributed by atoms with Crippen molar-refractivity contribution in [1.29, 1.82) is 0 Å². The molecule has 2 saturated heterocycles. The number of nitrogens with one attached hydrogen (secondary N) is 1. The molecule has 0 saturated carbocycles. The standard InChI is InChI=1S/C16H20BrClN2O/c17-13-3-1-2-12(14(13)18)15(21)20-10-6-16(7-11-20)4-8-19-9-5-16/h1-3,19H,4-11H2. The second-order valence-corrected chi connectivity index (χ2v) is 7.38. The number of rotatable bonds is 1. The Kier molecular flexibility index (Phi) is 4.57. The van der Waals surface area contributed by atoms with Gasteiger partial charge in [0.05, 0.1) is 10.6 Å². The van der Waals surface area contributed by atoms with Gasteiger partial charge in [0.2, 0.25) is 0 Å². The fourth-order valence-corrected chi connectivity index (χ4v) is 4.05. The van der Waals surface area contributed by atoms with E-state index < -0.39 is 0 Å². The lowest BCUT2D eigenvalue weighted by Gasteiger charge is -2.44. The Labute approximate surface area is 139 Å². The highest BCUT2D eigenvalue weighted by Crippen LogP contribution is 2.40. The van der Waals surface area contributed by atoms with Crippen LogP contribution < -0.4 is 5.32 Å². The summed E-state index contributed by atoms with van der Waals surface area (Å²) in [5, 5.41) is 3.94. The lowest BCUT2D eigenvalue weighted by molar-refractivity contribution is 0.0496. The lowest BCUT2D eigenvalue weighted by Crippen LogP contribution is -2.47. The average molecular weight is 372 g/mol. The van der Waals surface area contributed by atoms with Gasteiger partial charge in [-0.3, -0.25) is 4.79 Å². The summed E-state index contributed by atoms with van der Waals surface area (Å²) in [4.78, 5) is 14.6. The Morgan fingerprint density at radius 2 is 1.86 bits per heavy atom. The van der Waals surface area contributed by atoms with Gasteiger partial charge in [-0.2, -0.15) is 0 Å². The molecule has 114 valence electrons. The molecule has 3 nitrogen and oxygen atoms in total. The summed E-state index contributed by atoms with van der Waals surface area (Å²) in [6.07, 6.45) is 4.72. The zero-order chi connectivity index (χ0) is 14.9. The first-order valence-electron chi connectivity index (χ1n) is 7.55. The summed E-state index contributed by atoms with van der Waals surface area (Å²) in [7, 11) is 0. The molecule has 0 unspecified atom stereocenters. The van der Waals surface area contributed by atoms with E-state index in [1.54, 1.807) is 0 Å². The summed E-state index contributed by atoms with van der Waals surface area (Å²) in [5.74, 6) is 0.0603. The predicted molar refractivity (Wildman–Crippen MR) is 88.8 cm³/mol. The number of carbonyl (C=O) groups is 1. The van der Waals surface area contributed by atoms with Crippen LogP contribution in [0.15, 0.2) is 22.7 Å². The number of nitrogens with zero attached hydrogens (tertiary/aromatic N) is 1. The normalized spacial score (nSPS) is 21.5. The molecule has 2 heterocycles. The SMILES string of the molecule is O=C(c1cccc(Br)c1Cl)N1CCC2(CCNCC2)CC1. The van der Waals surface area contributed by atoms with E-state index >= 15 is 0 Å². The van der Waals surface area contributed by atoms with Crippen molar-refractivity contribution in [3.05, 3.63) is 33.3 Å². The van der Waals surface area contributed by atoms with Crippen LogP contribution in [-0.4, -0.2) is 37.0 Å². The van der Waals surface area contributed by atoms with Gasteiger partial charge in [-0.05, 0) is 72.3 Å². The molecule has 1 spiro atoms. The molecule has 1 amide bonds. The molecule has 0 atom stereocenters. The predicted octanol–water partition coefficient (Wildman–Crippen LogP) is 3.71. The Morgan fingerprint density at radius 1 is 1.19 bits per heavy atom. The largest absolute Gasteiger partial charge is 0.339 e.